The van der Waals surface area contributed by atoms with Crippen molar-refractivity contribution in [1.29, 1.82) is 0 Å². The fourth-order valence-electron chi connectivity index (χ4n) is 5.30. The Morgan fingerprint density at radius 1 is 0.900 bits per heavy atom. The molecule has 1 aliphatic carbocycles. The highest BCUT2D eigenvalue weighted by molar-refractivity contribution is 6.07. The van der Waals surface area contributed by atoms with Gasteiger partial charge in [0.15, 0.2) is 5.78 Å². The number of carbonyl (C=O) groups excluding carboxylic acids is 3. The number of rotatable bonds is 4. The van der Waals surface area contributed by atoms with Crippen LogP contribution in [-0.2, 0) is 14.3 Å². The van der Waals surface area contributed by atoms with Gasteiger partial charge in [0.2, 0.25) is 0 Å². The molecule has 0 aromatic heterocycles. The molecule has 3 aromatic carbocycles. The lowest BCUT2D eigenvalue weighted by molar-refractivity contribution is -0.170. The topological polar surface area (TPSA) is 84.9 Å². The van der Waals surface area contributed by atoms with Gasteiger partial charge in [-0.05, 0) is 59.9 Å². The van der Waals surface area contributed by atoms with Gasteiger partial charge in [-0.1, -0.05) is 36.4 Å². The minimum atomic E-state index is -5.22. The van der Waals surface area contributed by atoms with E-state index in [9.17, 15) is 27.6 Å². The number of fused-ring (bicyclic) bond motifs is 1. The third kappa shape index (κ3) is 4.92. The molecule has 0 saturated carbocycles. The smallest absolute Gasteiger partial charge is 0.471 e. The third-order valence-corrected chi connectivity index (χ3v) is 7.18. The first-order chi connectivity index (χ1) is 19.1. The molecule has 0 bridgehead atoms. The second-order valence-electron chi connectivity index (χ2n) is 9.52. The zero-order valence-electron chi connectivity index (χ0n) is 21.6. The number of hydrogen-bond donors (Lipinski definition) is 1. The van der Waals surface area contributed by atoms with Crippen molar-refractivity contribution in [3.8, 4) is 5.75 Å². The van der Waals surface area contributed by atoms with Gasteiger partial charge < -0.3 is 14.8 Å². The molecular weight excluding hydrogens is 525 g/mol. The van der Waals surface area contributed by atoms with Gasteiger partial charge >= 0.3 is 18.1 Å². The number of methoxy groups -OCH3 is 2. The van der Waals surface area contributed by atoms with E-state index in [4.69, 9.17) is 9.47 Å². The molecule has 1 aliphatic heterocycles. The van der Waals surface area contributed by atoms with Crippen LogP contribution in [0.1, 0.15) is 46.3 Å². The summed E-state index contributed by atoms with van der Waals surface area (Å²) in [4.78, 5) is 39.5. The van der Waals surface area contributed by atoms with Crippen molar-refractivity contribution < 1.29 is 37.0 Å². The van der Waals surface area contributed by atoms with E-state index < -0.39 is 24.1 Å². The quantitative estimate of drug-likeness (QED) is 0.405. The Kier molecular flexibility index (Phi) is 7.10. The van der Waals surface area contributed by atoms with Crippen molar-refractivity contribution in [1.82, 2.24) is 0 Å². The molecule has 0 fully saturated rings. The maximum Gasteiger partial charge on any atom is 0.471 e. The lowest BCUT2D eigenvalue weighted by atomic mass is 9.78. The van der Waals surface area contributed by atoms with E-state index in [1.165, 1.54) is 43.5 Å². The molecule has 2 aliphatic rings. The minimum Gasteiger partial charge on any atom is -0.497 e. The number of hydrogen-bond acceptors (Lipinski definition) is 6. The van der Waals surface area contributed by atoms with Gasteiger partial charge in [0.1, 0.15) is 5.75 Å². The second kappa shape index (κ2) is 10.5. The highest BCUT2D eigenvalue weighted by Gasteiger charge is 2.50. The van der Waals surface area contributed by atoms with E-state index in [0.717, 1.165) is 5.56 Å². The summed E-state index contributed by atoms with van der Waals surface area (Å²) >= 11 is 0. The van der Waals surface area contributed by atoms with E-state index in [2.05, 4.69) is 5.32 Å². The summed E-state index contributed by atoms with van der Waals surface area (Å²) in [5.41, 5.74) is 2.05. The minimum absolute atomic E-state index is 0.0185. The summed E-state index contributed by atoms with van der Waals surface area (Å²) in [5, 5.41) is 3.19. The summed E-state index contributed by atoms with van der Waals surface area (Å²) in [6, 6.07) is 17.7. The number of para-hydroxylation sites is 2. The van der Waals surface area contributed by atoms with Crippen LogP contribution in [0.4, 0.5) is 24.5 Å². The number of allylic oxidation sites excluding steroid dienone is 1. The maximum atomic E-state index is 14.0. The van der Waals surface area contributed by atoms with Crippen LogP contribution in [0.5, 0.6) is 5.75 Å². The van der Waals surface area contributed by atoms with Crippen molar-refractivity contribution in [3.05, 3.63) is 101 Å². The molecule has 1 N–H and O–H groups in total. The molecule has 1 heterocycles. The zero-order chi connectivity index (χ0) is 28.6. The number of esters is 1. The standard InChI is InChI=1S/C30H25F3N2O5/c1-39-21-13-11-17(12-14-21)20-15-23-26(25(36)16-20)27(18-7-9-19(10-8-18)28(37)40-2)35(29(38)30(31,32)33)24-6-4-3-5-22(24)34-23/h3-14,20,27,34H,15-16H2,1-2H3/t20-,27-/m1/s1. The largest absolute Gasteiger partial charge is 0.497 e. The maximum absolute atomic E-state index is 14.0. The number of nitrogens with one attached hydrogen (secondary N) is 1. The first kappa shape index (κ1) is 27.0. The molecule has 10 heteroatoms. The Morgan fingerprint density at radius 3 is 2.17 bits per heavy atom. The van der Waals surface area contributed by atoms with Crippen LogP contribution in [0, 0.1) is 0 Å². The first-order valence-electron chi connectivity index (χ1n) is 12.5. The molecule has 0 radical (unpaired) electrons. The van der Waals surface area contributed by atoms with E-state index in [1.807, 2.05) is 12.1 Å². The van der Waals surface area contributed by atoms with Gasteiger partial charge in [-0.15, -0.1) is 0 Å². The van der Waals surface area contributed by atoms with Crippen molar-refractivity contribution >= 4 is 29.0 Å². The van der Waals surface area contributed by atoms with Gasteiger partial charge in [-0.25, -0.2) is 4.79 Å². The van der Waals surface area contributed by atoms with Crippen LogP contribution in [-0.4, -0.2) is 38.1 Å². The molecule has 0 saturated heterocycles. The molecule has 0 unspecified atom stereocenters. The van der Waals surface area contributed by atoms with Crippen molar-refractivity contribution in [2.24, 2.45) is 0 Å². The normalized spacial score (nSPS) is 18.7. The number of nitrogens with zero attached hydrogens (tertiary/aromatic N) is 1. The zero-order valence-corrected chi connectivity index (χ0v) is 21.6. The average molecular weight is 551 g/mol. The average Bonchev–Trinajstić information content (AvgIpc) is 3.10. The van der Waals surface area contributed by atoms with Crippen LogP contribution in [0.3, 0.4) is 0 Å². The fourth-order valence-corrected chi connectivity index (χ4v) is 5.30. The van der Waals surface area contributed by atoms with Crippen molar-refractivity contribution in [2.75, 3.05) is 24.4 Å². The van der Waals surface area contributed by atoms with E-state index >= 15 is 0 Å². The van der Waals surface area contributed by atoms with Crippen LogP contribution in [0.25, 0.3) is 0 Å². The van der Waals surface area contributed by atoms with E-state index in [1.54, 1.807) is 31.4 Å². The summed E-state index contributed by atoms with van der Waals surface area (Å²) in [6.45, 7) is 0. The highest BCUT2D eigenvalue weighted by Crippen LogP contribution is 2.48. The van der Waals surface area contributed by atoms with Gasteiger partial charge in [0.25, 0.3) is 0 Å². The Labute approximate surface area is 228 Å². The third-order valence-electron chi connectivity index (χ3n) is 7.18. The molecule has 5 rings (SSSR count). The lowest BCUT2D eigenvalue weighted by Crippen LogP contribution is -2.45. The molecule has 7 nitrogen and oxygen atoms in total. The summed E-state index contributed by atoms with van der Waals surface area (Å²) in [5.74, 6) is -2.71. The SMILES string of the molecule is COC(=O)c1ccc([C@@H]2C3=C(C[C@@H](c4ccc(OC)cc4)CC3=O)Nc3ccccc3N2C(=O)C(F)(F)F)cc1. The van der Waals surface area contributed by atoms with Gasteiger partial charge in [0.05, 0.1) is 37.2 Å². The number of ketones is 1. The number of halogens is 3. The summed E-state index contributed by atoms with van der Waals surface area (Å²) < 4.78 is 52.1. The summed E-state index contributed by atoms with van der Waals surface area (Å²) in [7, 11) is 2.76. The highest BCUT2D eigenvalue weighted by atomic mass is 19.4. The molecule has 206 valence electrons. The number of Topliss-reactive ketones (excluding diaryl/α,β-unsaturated/α-hetero) is 1. The second-order valence-corrected chi connectivity index (χ2v) is 9.52. The Morgan fingerprint density at radius 2 is 1.55 bits per heavy atom. The Balaban J connectivity index is 1.69. The van der Waals surface area contributed by atoms with Crippen molar-refractivity contribution in [3.63, 3.8) is 0 Å². The molecular formula is C30H25F3N2O5. The van der Waals surface area contributed by atoms with Gasteiger partial charge in [0, 0.05) is 17.7 Å². The first-order valence-corrected chi connectivity index (χ1v) is 12.5. The monoisotopic (exact) mass is 550 g/mol. The lowest BCUT2D eigenvalue weighted by Gasteiger charge is -2.35. The van der Waals surface area contributed by atoms with Crippen LogP contribution in [0.2, 0.25) is 0 Å². The molecule has 2 atom stereocenters. The predicted octanol–water partition coefficient (Wildman–Crippen LogP) is 5.94. The summed E-state index contributed by atoms with van der Waals surface area (Å²) in [6.07, 6.45) is -4.85. The Hall–Kier alpha value is -4.60. The number of benzene rings is 3. The number of anilines is 2. The van der Waals surface area contributed by atoms with Crippen LogP contribution < -0.4 is 15.0 Å². The van der Waals surface area contributed by atoms with Gasteiger partial charge in [-0.3, -0.25) is 14.5 Å². The number of ether oxygens (including phenoxy) is 2. The number of amides is 1. The van der Waals surface area contributed by atoms with Crippen LogP contribution in [0.15, 0.2) is 84.1 Å². The molecule has 0 spiro atoms. The van der Waals surface area contributed by atoms with E-state index in [-0.39, 0.29) is 46.2 Å². The number of carbonyl (C=O) groups is 3. The number of alkyl halides is 3. The molecule has 40 heavy (non-hydrogen) atoms. The fraction of sp³-hybridized carbons (Fsp3) is 0.233. The molecule has 1 amide bonds. The van der Waals surface area contributed by atoms with Crippen LogP contribution >= 0.6 is 0 Å². The van der Waals surface area contributed by atoms with Crippen molar-refractivity contribution in [2.45, 2.75) is 31.0 Å². The van der Waals surface area contributed by atoms with Gasteiger partial charge in [-0.2, -0.15) is 13.2 Å². The van der Waals surface area contributed by atoms with E-state index in [0.29, 0.717) is 22.8 Å². The molecule has 3 aromatic rings. The Bertz CT molecular complexity index is 1500. The predicted molar refractivity (Wildman–Crippen MR) is 141 cm³/mol.